The molecule has 0 unspecified atom stereocenters. The van der Waals surface area contributed by atoms with Gasteiger partial charge in [-0.2, -0.15) is 8.42 Å². The van der Waals surface area contributed by atoms with Crippen LogP contribution in [0.3, 0.4) is 0 Å². The van der Waals surface area contributed by atoms with E-state index in [1.807, 2.05) is 6.07 Å². The van der Waals surface area contributed by atoms with Gasteiger partial charge in [-0.15, -0.1) is 0 Å². The van der Waals surface area contributed by atoms with Gasteiger partial charge in [0.25, 0.3) is 0 Å². The second-order valence-electron chi connectivity index (χ2n) is 5.40. The van der Waals surface area contributed by atoms with E-state index in [1.165, 1.54) is 24.6 Å². The second-order valence-corrected chi connectivity index (χ2v) is 6.95. The van der Waals surface area contributed by atoms with E-state index >= 15 is 0 Å². The molecule has 0 aromatic heterocycles. The summed E-state index contributed by atoms with van der Waals surface area (Å²) in [6.07, 6.45) is 2.97. The third kappa shape index (κ3) is 2.90. The number of fused-ring (bicyclic) bond motifs is 1. The van der Waals surface area contributed by atoms with Crippen molar-refractivity contribution >= 4 is 15.9 Å². The maximum absolute atomic E-state index is 12.3. The van der Waals surface area contributed by atoms with E-state index in [0.717, 1.165) is 24.8 Å². The second kappa shape index (κ2) is 5.57. The molecule has 0 atom stereocenters. The number of benzene rings is 2. The number of carbonyl (C=O) groups excluding carboxylic acids is 1. The zero-order valence-corrected chi connectivity index (χ0v) is 13.0. The predicted molar refractivity (Wildman–Crippen MR) is 82.7 cm³/mol. The van der Waals surface area contributed by atoms with Gasteiger partial charge in [-0.05, 0) is 73.7 Å². The molecular formula is C17H16O4S. The van der Waals surface area contributed by atoms with Crippen molar-refractivity contribution in [3.8, 4) is 5.75 Å². The van der Waals surface area contributed by atoms with Crippen LogP contribution in [0.15, 0.2) is 47.4 Å². The van der Waals surface area contributed by atoms with Gasteiger partial charge in [0.05, 0.1) is 0 Å². The van der Waals surface area contributed by atoms with Crippen molar-refractivity contribution in [1.82, 2.24) is 0 Å². The van der Waals surface area contributed by atoms with Crippen molar-refractivity contribution in [2.45, 2.75) is 31.1 Å². The van der Waals surface area contributed by atoms with E-state index in [-0.39, 0.29) is 16.4 Å². The number of hydrogen-bond donors (Lipinski definition) is 0. The molecule has 1 aliphatic carbocycles. The summed E-state index contributed by atoms with van der Waals surface area (Å²) in [7, 11) is -3.85. The van der Waals surface area contributed by atoms with Crippen molar-refractivity contribution < 1.29 is 17.4 Å². The molecule has 0 amide bonds. The highest BCUT2D eigenvalue weighted by Gasteiger charge is 2.20. The Morgan fingerprint density at radius 1 is 1.00 bits per heavy atom. The molecule has 0 saturated carbocycles. The van der Waals surface area contributed by atoms with Crippen LogP contribution in [-0.4, -0.2) is 14.2 Å². The van der Waals surface area contributed by atoms with Gasteiger partial charge in [0.15, 0.2) is 5.78 Å². The first-order valence-corrected chi connectivity index (χ1v) is 8.54. The van der Waals surface area contributed by atoms with Crippen molar-refractivity contribution in [2.75, 3.05) is 0 Å². The zero-order chi connectivity index (χ0) is 15.7. The van der Waals surface area contributed by atoms with Crippen LogP contribution in [-0.2, 0) is 23.0 Å². The highest BCUT2D eigenvalue weighted by atomic mass is 32.2. The minimum absolute atomic E-state index is 0.0759. The summed E-state index contributed by atoms with van der Waals surface area (Å²) in [6, 6.07) is 11.2. The highest BCUT2D eigenvalue weighted by Crippen LogP contribution is 2.26. The minimum atomic E-state index is -3.85. The minimum Gasteiger partial charge on any atom is -0.379 e. The SMILES string of the molecule is CC(=O)c1ccc(OS(=O)(=O)c2ccc3c(c2)CCC3)cc1. The van der Waals surface area contributed by atoms with Gasteiger partial charge in [-0.25, -0.2) is 0 Å². The third-order valence-corrected chi connectivity index (χ3v) is 5.07. The number of carbonyl (C=O) groups is 1. The van der Waals surface area contributed by atoms with Crippen LogP contribution in [0.1, 0.15) is 34.8 Å². The summed E-state index contributed by atoms with van der Waals surface area (Å²) in [5.74, 6) is 0.124. The number of aryl methyl sites for hydroxylation is 2. The molecule has 3 rings (SSSR count). The maximum Gasteiger partial charge on any atom is 0.339 e. The Morgan fingerprint density at radius 2 is 1.68 bits per heavy atom. The number of rotatable bonds is 4. The molecule has 114 valence electrons. The number of ketones is 1. The van der Waals surface area contributed by atoms with Crippen LogP contribution in [0.25, 0.3) is 0 Å². The van der Waals surface area contributed by atoms with Crippen LogP contribution in [0.5, 0.6) is 5.75 Å². The summed E-state index contributed by atoms with van der Waals surface area (Å²) in [5.41, 5.74) is 2.81. The standard InChI is InChI=1S/C17H16O4S/c1-12(18)13-5-8-16(9-6-13)21-22(19,20)17-10-7-14-3-2-4-15(14)11-17/h5-11H,2-4H2,1H3. The van der Waals surface area contributed by atoms with E-state index in [1.54, 1.807) is 24.3 Å². The molecule has 2 aromatic carbocycles. The Labute approximate surface area is 129 Å². The van der Waals surface area contributed by atoms with Gasteiger partial charge in [-0.3, -0.25) is 4.79 Å². The third-order valence-electron chi connectivity index (χ3n) is 3.83. The first-order chi connectivity index (χ1) is 10.5. The molecule has 0 saturated heterocycles. The van der Waals surface area contributed by atoms with Gasteiger partial charge in [-0.1, -0.05) is 6.07 Å². The molecule has 1 aliphatic rings. The lowest BCUT2D eigenvalue weighted by Gasteiger charge is -2.09. The van der Waals surface area contributed by atoms with Crippen LogP contribution in [0.4, 0.5) is 0 Å². The molecule has 0 radical (unpaired) electrons. The highest BCUT2D eigenvalue weighted by molar-refractivity contribution is 7.87. The molecule has 22 heavy (non-hydrogen) atoms. The van der Waals surface area contributed by atoms with E-state index in [9.17, 15) is 13.2 Å². The largest absolute Gasteiger partial charge is 0.379 e. The Morgan fingerprint density at radius 3 is 2.36 bits per heavy atom. The summed E-state index contributed by atoms with van der Waals surface area (Å²) >= 11 is 0. The molecule has 4 nitrogen and oxygen atoms in total. The van der Waals surface area contributed by atoms with Crippen LogP contribution >= 0.6 is 0 Å². The fourth-order valence-electron chi connectivity index (χ4n) is 2.62. The van der Waals surface area contributed by atoms with Crippen LogP contribution in [0, 0.1) is 0 Å². The van der Waals surface area contributed by atoms with Gasteiger partial charge < -0.3 is 4.18 Å². The summed E-state index contributed by atoms with van der Waals surface area (Å²) < 4.78 is 29.8. The molecule has 0 bridgehead atoms. The first-order valence-electron chi connectivity index (χ1n) is 7.13. The fourth-order valence-corrected chi connectivity index (χ4v) is 3.61. The van der Waals surface area contributed by atoms with Crippen molar-refractivity contribution in [1.29, 1.82) is 0 Å². The summed E-state index contributed by atoms with van der Waals surface area (Å²) in [5, 5.41) is 0. The fraction of sp³-hybridized carbons (Fsp3) is 0.235. The average molecular weight is 316 g/mol. The summed E-state index contributed by atoms with van der Waals surface area (Å²) in [6.45, 7) is 1.46. The molecule has 0 N–H and O–H groups in total. The Balaban J connectivity index is 1.85. The van der Waals surface area contributed by atoms with Crippen molar-refractivity contribution in [3.05, 3.63) is 59.2 Å². The molecule has 0 spiro atoms. The summed E-state index contributed by atoms with van der Waals surface area (Å²) in [4.78, 5) is 11.4. The zero-order valence-electron chi connectivity index (χ0n) is 12.2. The molecule has 5 heteroatoms. The Bertz CT molecular complexity index is 820. The molecule has 0 aliphatic heterocycles. The van der Waals surface area contributed by atoms with Gasteiger partial charge in [0, 0.05) is 5.56 Å². The maximum atomic E-state index is 12.3. The van der Waals surface area contributed by atoms with E-state index in [4.69, 9.17) is 4.18 Å². The number of hydrogen-bond acceptors (Lipinski definition) is 4. The molecule has 2 aromatic rings. The lowest BCUT2D eigenvalue weighted by molar-refractivity contribution is 0.101. The van der Waals surface area contributed by atoms with Gasteiger partial charge in [0.2, 0.25) is 0 Å². The normalized spacial score (nSPS) is 13.7. The average Bonchev–Trinajstić information content (AvgIpc) is 2.94. The quantitative estimate of drug-likeness (QED) is 0.642. The first kappa shape index (κ1) is 14.8. The molecule has 0 heterocycles. The van der Waals surface area contributed by atoms with E-state index < -0.39 is 10.1 Å². The van der Waals surface area contributed by atoms with Crippen LogP contribution in [0.2, 0.25) is 0 Å². The van der Waals surface area contributed by atoms with Gasteiger partial charge >= 0.3 is 10.1 Å². The van der Waals surface area contributed by atoms with Crippen molar-refractivity contribution in [3.63, 3.8) is 0 Å². The monoisotopic (exact) mass is 316 g/mol. The Kier molecular flexibility index (Phi) is 3.74. The lowest BCUT2D eigenvalue weighted by Crippen LogP contribution is -2.10. The predicted octanol–water partition coefficient (Wildman–Crippen LogP) is 3.15. The van der Waals surface area contributed by atoms with E-state index in [2.05, 4.69) is 0 Å². The Hall–Kier alpha value is -2.14. The lowest BCUT2D eigenvalue weighted by atomic mass is 10.1. The molecule has 0 fully saturated rings. The van der Waals surface area contributed by atoms with Crippen molar-refractivity contribution in [2.24, 2.45) is 0 Å². The molecular weight excluding hydrogens is 300 g/mol. The number of Topliss-reactive ketones (excluding diaryl/α,β-unsaturated/α-hetero) is 1. The van der Waals surface area contributed by atoms with Gasteiger partial charge in [0.1, 0.15) is 10.6 Å². The topological polar surface area (TPSA) is 60.4 Å². The smallest absolute Gasteiger partial charge is 0.339 e. The van der Waals surface area contributed by atoms with Crippen LogP contribution < -0.4 is 4.18 Å². The van der Waals surface area contributed by atoms with E-state index in [0.29, 0.717) is 5.56 Å².